The summed E-state index contributed by atoms with van der Waals surface area (Å²) >= 11 is 6.30. The Morgan fingerprint density at radius 2 is 2.03 bits per heavy atom. The van der Waals surface area contributed by atoms with Crippen LogP contribution in [0.1, 0.15) is 32.7 Å². The summed E-state index contributed by atoms with van der Waals surface area (Å²) in [4.78, 5) is 19.5. The average Bonchev–Trinajstić information content (AvgIpc) is 3.11. The maximum absolute atomic E-state index is 13.0. The van der Waals surface area contributed by atoms with Crippen molar-refractivity contribution in [2.24, 2.45) is 0 Å². The minimum absolute atomic E-state index is 0.117. The van der Waals surface area contributed by atoms with Gasteiger partial charge in [0, 0.05) is 30.4 Å². The Labute approximate surface area is 185 Å². The molecule has 1 aromatic heterocycles. The summed E-state index contributed by atoms with van der Waals surface area (Å²) in [5.41, 5.74) is 4.16. The van der Waals surface area contributed by atoms with Gasteiger partial charge in [-0.15, -0.1) is 0 Å². The van der Waals surface area contributed by atoms with Gasteiger partial charge in [-0.1, -0.05) is 35.9 Å². The fourth-order valence-corrected chi connectivity index (χ4v) is 4.22. The highest BCUT2D eigenvalue weighted by atomic mass is 35.5. The number of fused-ring (bicyclic) bond motifs is 3. The van der Waals surface area contributed by atoms with Gasteiger partial charge in [-0.25, -0.2) is 0 Å². The van der Waals surface area contributed by atoms with E-state index in [2.05, 4.69) is 9.88 Å². The summed E-state index contributed by atoms with van der Waals surface area (Å²) in [5.74, 6) is 1.55. The molecule has 3 aromatic rings. The Balaban J connectivity index is 1.41. The van der Waals surface area contributed by atoms with Crippen molar-refractivity contribution < 1.29 is 14.3 Å². The van der Waals surface area contributed by atoms with Gasteiger partial charge in [-0.3, -0.25) is 14.7 Å². The Hall–Kier alpha value is -3.15. The fraction of sp³-hybridized carbons (Fsp3) is 0.200. The molecule has 0 radical (unpaired) electrons. The van der Waals surface area contributed by atoms with Crippen molar-refractivity contribution in [2.75, 3.05) is 13.3 Å². The molecule has 6 heteroatoms. The number of allylic oxidation sites excluding steroid dienone is 1. The summed E-state index contributed by atoms with van der Waals surface area (Å²) in [6, 6.07) is 15.4. The van der Waals surface area contributed by atoms with Crippen molar-refractivity contribution in [1.82, 2.24) is 9.88 Å². The molecule has 156 valence electrons. The largest absolute Gasteiger partial charge is 0.478 e. The first-order valence-electron chi connectivity index (χ1n) is 10.2. The highest BCUT2D eigenvalue weighted by Crippen LogP contribution is 2.44. The smallest absolute Gasteiger partial charge is 0.232 e. The van der Waals surface area contributed by atoms with Gasteiger partial charge in [0.2, 0.25) is 5.78 Å². The number of hydrogen-bond donors (Lipinski definition) is 0. The van der Waals surface area contributed by atoms with Crippen molar-refractivity contribution in [2.45, 2.75) is 19.9 Å². The highest BCUT2D eigenvalue weighted by Gasteiger charge is 2.35. The minimum Gasteiger partial charge on any atom is -0.478 e. The molecule has 0 amide bonds. The van der Waals surface area contributed by atoms with Crippen molar-refractivity contribution in [1.29, 1.82) is 0 Å². The van der Waals surface area contributed by atoms with Gasteiger partial charge in [0.1, 0.15) is 18.2 Å². The van der Waals surface area contributed by atoms with Gasteiger partial charge < -0.3 is 9.47 Å². The van der Waals surface area contributed by atoms with Crippen molar-refractivity contribution in [3.05, 3.63) is 93.5 Å². The van der Waals surface area contributed by atoms with E-state index in [-0.39, 0.29) is 5.78 Å². The molecular formula is C25H21ClN2O3. The summed E-state index contributed by atoms with van der Waals surface area (Å²) in [5, 5.41) is 0.774. The number of hydrogen-bond acceptors (Lipinski definition) is 5. The molecule has 0 saturated heterocycles. The van der Waals surface area contributed by atoms with E-state index >= 15 is 0 Å². The van der Waals surface area contributed by atoms with E-state index in [1.165, 1.54) is 0 Å². The van der Waals surface area contributed by atoms with Crippen LogP contribution in [-0.4, -0.2) is 28.9 Å². The second-order valence-corrected chi connectivity index (χ2v) is 8.14. The van der Waals surface area contributed by atoms with Gasteiger partial charge in [0.25, 0.3) is 0 Å². The average molecular weight is 433 g/mol. The first kappa shape index (κ1) is 19.8. The van der Waals surface area contributed by atoms with E-state index in [4.69, 9.17) is 21.1 Å². The number of Topliss-reactive ketones (excluding diaryl/α,β-unsaturated/α-hetero) is 1. The molecule has 5 rings (SSSR count). The molecule has 0 aliphatic carbocycles. The number of benzene rings is 2. The van der Waals surface area contributed by atoms with Crippen LogP contribution in [0.2, 0.25) is 5.02 Å². The predicted molar refractivity (Wildman–Crippen MR) is 119 cm³/mol. The minimum atomic E-state index is -0.117. The Morgan fingerprint density at radius 3 is 2.84 bits per heavy atom. The maximum Gasteiger partial charge on any atom is 0.232 e. The molecule has 2 aliphatic rings. The number of pyridine rings is 1. The first-order chi connectivity index (χ1) is 15.1. The molecule has 5 nitrogen and oxygen atoms in total. The quantitative estimate of drug-likeness (QED) is 0.540. The zero-order valence-electron chi connectivity index (χ0n) is 17.1. The van der Waals surface area contributed by atoms with Crippen LogP contribution in [0.25, 0.3) is 6.08 Å². The van der Waals surface area contributed by atoms with E-state index in [1.54, 1.807) is 12.3 Å². The number of aryl methyl sites for hydroxylation is 1. The van der Waals surface area contributed by atoms with Crippen LogP contribution < -0.4 is 9.47 Å². The number of nitrogens with zero attached hydrogens (tertiary/aromatic N) is 2. The van der Waals surface area contributed by atoms with Crippen LogP contribution in [0.15, 0.2) is 60.5 Å². The van der Waals surface area contributed by atoms with Crippen LogP contribution in [0.5, 0.6) is 11.5 Å². The van der Waals surface area contributed by atoms with E-state index < -0.39 is 0 Å². The molecule has 3 heterocycles. The third-order valence-electron chi connectivity index (χ3n) is 5.61. The van der Waals surface area contributed by atoms with Crippen molar-refractivity contribution in [3.8, 4) is 11.5 Å². The fourth-order valence-electron chi connectivity index (χ4n) is 3.99. The van der Waals surface area contributed by atoms with Gasteiger partial charge in [-0.05, 0) is 48.7 Å². The van der Waals surface area contributed by atoms with Crippen LogP contribution >= 0.6 is 11.6 Å². The lowest BCUT2D eigenvalue weighted by Gasteiger charge is -2.30. The predicted octanol–water partition coefficient (Wildman–Crippen LogP) is 5.05. The molecule has 0 unspecified atom stereocenters. The highest BCUT2D eigenvalue weighted by molar-refractivity contribution is 6.31. The van der Waals surface area contributed by atoms with Crippen LogP contribution in [0, 0.1) is 6.92 Å². The summed E-state index contributed by atoms with van der Waals surface area (Å²) in [7, 11) is 0. The SMILES string of the molecule is Cc1cc2c(c3c1C(=O)/C(=C/c1ccccn1)O3)CN(CCc1ccccc1Cl)CO2. The lowest BCUT2D eigenvalue weighted by atomic mass is 9.98. The molecule has 2 aromatic carbocycles. The monoisotopic (exact) mass is 432 g/mol. The second kappa shape index (κ2) is 8.17. The zero-order chi connectivity index (χ0) is 21.4. The summed E-state index contributed by atoms with van der Waals surface area (Å²) < 4.78 is 12.1. The normalized spacial score (nSPS) is 16.6. The molecular weight excluding hydrogens is 412 g/mol. The Bertz CT molecular complexity index is 1190. The van der Waals surface area contributed by atoms with Gasteiger partial charge >= 0.3 is 0 Å². The molecule has 0 bridgehead atoms. The van der Waals surface area contributed by atoms with Gasteiger partial charge in [-0.2, -0.15) is 0 Å². The van der Waals surface area contributed by atoms with Crippen molar-refractivity contribution in [3.63, 3.8) is 0 Å². The molecule has 31 heavy (non-hydrogen) atoms. The summed E-state index contributed by atoms with van der Waals surface area (Å²) in [6.45, 7) is 3.83. The van der Waals surface area contributed by atoms with E-state index in [1.807, 2.05) is 55.5 Å². The van der Waals surface area contributed by atoms with Gasteiger partial charge in [0.05, 0.1) is 16.8 Å². The first-order valence-corrected chi connectivity index (χ1v) is 10.6. The lowest BCUT2D eigenvalue weighted by Crippen LogP contribution is -2.34. The van der Waals surface area contributed by atoms with Crippen LogP contribution in [-0.2, 0) is 13.0 Å². The molecule has 0 atom stereocenters. The molecule has 0 spiro atoms. The number of ether oxygens (including phenoxy) is 2. The van der Waals surface area contributed by atoms with Crippen LogP contribution in [0.3, 0.4) is 0 Å². The second-order valence-electron chi connectivity index (χ2n) is 7.74. The summed E-state index contributed by atoms with van der Waals surface area (Å²) in [6.07, 6.45) is 4.20. The number of carbonyl (C=O) groups excluding carboxylic acids is 1. The number of carbonyl (C=O) groups is 1. The number of ketones is 1. The molecule has 0 fully saturated rings. The van der Waals surface area contributed by atoms with E-state index in [0.717, 1.165) is 40.4 Å². The standard InChI is InChI=1S/C25H21ClN2O3/c1-16-12-21-19(14-28(15-30-21)11-9-17-6-2-3-8-20(17)26)25-23(16)24(29)22(31-25)13-18-7-4-5-10-27-18/h2-8,10,12-13H,9,11,14-15H2,1H3/b22-13-. The van der Waals surface area contributed by atoms with Gasteiger partial charge in [0.15, 0.2) is 5.76 Å². The van der Waals surface area contributed by atoms with E-state index in [9.17, 15) is 4.79 Å². The maximum atomic E-state index is 13.0. The van der Waals surface area contributed by atoms with Crippen LogP contribution in [0.4, 0.5) is 0 Å². The number of rotatable bonds is 4. The third kappa shape index (κ3) is 3.82. The zero-order valence-corrected chi connectivity index (χ0v) is 17.9. The molecule has 2 aliphatic heterocycles. The lowest BCUT2D eigenvalue weighted by molar-refractivity contribution is 0.0949. The molecule has 0 N–H and O–H groups in total. The van der Waals surface area contributed by atoms with E-state index in [0.29, 0.717) is 36.0 Å². The Morgan fingerprint density at radius 1 is 1.19 bits per heavy atom. The van der Waals surface area contributed by atoms with Crippen molar-refractivity contribution >= 4 is 23.5 Å². The Kier molecular flexibility index (Phi) is 5.22. The third-order valence-corrected chi connectivity index (χ3v) is 5.98. The molecule has 0 saturated carbocycles. The topological polar surface area (TPSA) is 51.7 Å². The number of halogens is 1. The number of aromatic nitrogens is 1.